The third-order valence-corrected chi connectivity index (χ3v) is 4.41. The molecule has 0 unspecified atom stereocenters. The molecule has 1 aromatic carbocycles. The van der Waals surface area contributed by atoms with Gasteiger partial charge in [-0.15, -0.1) is 5.10 Å². The second-order valence-electron chi connectivity index (χ2n) is 6.15. The lowest BCUT2D eigenvalue weighted by molar-refractivity contribution is -0.121. The molecule has 146 valence electrons. The third kappa shape index (κ3) is 6.46. The fourth-order valence-electron chi connectivity index (χ4n) is 2.68. The first-order valence-electron chi connectivity index (χ1n) is 8.91. The molecule has 1 N–H and O–H groups in total. The van der Waals surface area contributed by atoms with E-state index in [0.717, 1.165) is 39.3 Å². The number of hydrogen-bond acceptors (Lipinski definition) is 7. The molecule has 10 heteroatoms. The molecule has 1 amide bonds. The fourth-order valence-corrected chi connectivity index (χ4v) is 2.80. The topological polar surface area (TPSA) is 94.4 Å². The molecule has 0 atom stereocenters. The van der Waals surface area contributed by atoms with Gasteiger partial charge < -0.3 is 14.8 Å². The van der Waals surface area contributed by atoms with Crippen LogP contribution in [0.4, 0.5) is 0 Å². The van der Waals surface area contributed by atoms with E-state index < -0.39 is 0 Å². The Morgan fingerprint density at radius 2 is 2.04 bits per heavy atom. The highest BCUT2D eigenvalue weighted by Crippen LogP contribution is 2.16. The highest BCUT2D eigenvalue weighted by molar-refractivity contribution is 6.30. The number of amides is 1. The maximum atomic E-state index is 12.1. The quantitative estimate of drug-likeness (QED) is 0.627. The van der Waals surface area contributed by atoms with E-state index in [2.05, 4.69) is 25.7 Å². The third-order valence-electron chi connectivity index (χ3n) is 4.16. The molecule has 1 fully saturated rings. The maximum Gasteiger partial charge on any atom is 0.241 e. The molecule has 0 saturated carbocycles. The zero-order valence-electron chi connectivity index (χ0n) is 15.0. The van der Waals surface area contributed by atoms with Crippen LogP contribution < -0.4 is 10.1 Å². The Labute approximate surface area is 162 Å². The standard InChI is InChI=1S/C17H23ClN6O3/c18-14-2-4-15(5-3-14)27-13-16-20-21-22-24(16)12-17(25)19-6-1-7-23-8-10-26-11-9-23/h2-5H,1,6-13H2,(H,19,25). The average Bonchev–Trinajstić information content (AvgIpc) is 3.12. The number of carbonyl (C=O) groups is 1. The zero-order valence-corrected chi connectivity index (χ0v) is 15.8. The molecule has 0 radical (unpaired) electrons. The molecule has 2 heterocycles. The molecule has 2 aromatic rings. The number of hydrogen-bond donors (Lipinski definition) is 1. The summed E-state index contributed by atoms with van der Waals surface area (Å²) in [5, 5.41) is 14.9. The van der Waals surface area contributed by atoms with E-state index in [1.54, 1.807) is 24.3 Å². The predicted octanol–water partition coefficient (Wildman–Crippen LogP) is 0.744. The first-order chi connectivity index (χ1) is 13.2. The lowest BCUT2D eigenvalue weighted by atomic mass is 10.3. The van der Waals surface area contributed by atoms with E-state index in [0.29, 0.717) is 23.1 Å². The summed E-state index contributed by atoms with van der Waals surface area (Å²) in [6, 6.07) is 7.00. The monoisotopic (exact) mass is 394 g/mol. The molecule has 0 bridgehead atoms. The van der Waals surface area contributed by atoms with E-state index in [4.69, 9.17) is 21.1 Å². The van der Waals surface area contributed by atoms with E-state index >= 15 is 0 Å². The van der Waals surface area contributed by atoms with Crippen LogP contribution >= 0.6 is 11.6 Å². The Balaban J connectivity index is 1.38. The van der Waals surface area contributed by atoms with E-state index in [1.807, 2.05) is 0 Å². The van der Waals surface area contributed by atoms with Crippen LogP contribution in [0.5, 0.6) is 5.75 Å². The van der Waals surface area contributed by atoms with Crippen LogP contribution in [0.1, 0.15) is 12.2 Å². The van der Waals surface area contributed by atoms with Crippen molar-refractivity contribution in [2.45, 2.75) is 19.6 Å². The van der Waals surface area contributed by atoms with Crippen LogP contribution in [-0.4, -0.2) is 70.4 Å². The lowest BCUT2D eigenvalue weighted by Gasteiger charge is -2.26. The lowest BCUT2D eigenvalue weighted by Crippen LogP contribution is -2.38. The summed E-state index contributed by atoms with van der Waals surface area (Å²) in [4.78, 5) is 14.4. The van der Waals surface area contributed by atoms with Crippen LogP contribution in [0, 0.1) is 0 Å². The van der Waals surface area contributed by atoms with Crippen molar-refractivity contribution in [3.63, 3.8) is 0 Å². The Bertz CT molecular complexity index is 718. The van der Waals surface area contributed by atoms with Gasteiger partial charge >= 0.3 is 0 Å². The molecule has 1 aliphatic heterocycles. The summed E-state index contributed by atoms with van der Waals surface area (Å²) in [6.45, 7) is 5.27. The Hall–Kier alpha value is -2.23. The summed E-state index contributed by atoms with van der Waals surface area (Å²) >= 11 is 5.85. The van der Waals surface area contributed by atoms with Gasteiger partial charge in [-0.2, -0.15) is 0 Å². The van der Waals surface area contributed by atoms with Crippen molar-refractivity contribution < 1.29 is 14.3 Å². The van der Waals surface area contributed by atoms with Crippen molar-refractivity contribution in [1.29, 1.82) is 0 Å². The molecule has 1 aliphatic rings. The van der Waals surface area contributed by atoms with E-state index in [-0.39, 0.29) is 19.1 Å². The van der Waals surface area contributed by atoms with Crippen LogP contribution in [-0.2, 0) is 22.7 Å². The van der Waals surface area contributed by atoms with Gasteiger partial charge in [0.25, 0.3) is 0 Å². The van der Waals surface area contributed by atoms with Crippen molar-refractivity contribution in [2.24, 2.45) is 0 Å². The van der Waals surface area contributed by atoms with Gasteiger partial charge in [-0.1, -0.05) is 11.6 Å². The zero-order chi connectivity index (χ0) is 18.9. The first-order valence-corrected chi connectivity index (χ1v) is 9.29. The van der Waals surface area contributed by atoms with Crippen molar-refractivity contribution in [3.8, 4) is 5.75 Å². The molecule has 1 aromatic heterocycles. The molecule has 0 aliphatic carbocycles. The largest absolute Gasteiger partial charge is 0.486 e. The van der Waals surface area contributed by atoms with Gasteiger partial charge in [0, 0.05) is 24.7 Å². The number of halogens is 1. The number of ether oxygens (including phenoxy) is 2. The van der Waals surface area contributed by atoms with Crippen LogP contribution in [0.2, 0.25) is 5.02 Å². The molecule has 0 spiro atoms. The van der Waals surface area contributed by atoms with Crippen molar-refractivity contribution in [1.82, 2.24) is 30.4 Å². The van der Waals surface area contributed by atoms with Gasteiger partial charge in [0.1, 0.15) is 18.9 Å². The number of benzene rings is 1. The fraction of sp³-hybridized carbons (Fsp3) is 0.529. The molecule has 9 nitrogen and oxygen atoms in total. The van der Waals surface area contributed by atoms with Gasteiger partial charge in [-0.05, 0) is 47.7 Å². The minimum absolute atomic E-state index is 0.0594. The summed E-state index contributed by atoms with van der Waals surface area (Å²) in [5.74, 6) is 1.01. The van der Waals surface area contributed by atoms with E-state index in [1.165, 1.54) is 4.68 Å². The number of nitrogens with one attached hydrogen (secondary N) is 1. The smallest absolute Gasteiger partial charge is 0.241 e. The van der Waals surface area contributed by atoms with Gasteiger partial charge in [0.2, 0.25) is 5.91 Å². The molecular formula is C17H23ClN6O3. The highest BCUT2D eigenvalue weighted by Gasteiger charge is 2.12. The number of rotatable bonds is 9. The number of tetrazole rings is 1. The summed E-state index contributed by atoms with van der Waals surface area (Å²) < 4.78 is 12.4. The normalized spacial score (nSPS) is 14.9. The van der Waals surface area contributed by atoms with Crippen molar-refractivity contribution >= 4 is 17.5 Å². The number of carbonyl (C=O) groups excluding carboxylic acids is 1. The van der Waals surface area contributed by atoms with Gasteiger partial charge in [0.05, 0.1) is 13.2 Å². The first kappa shape index (κ1) is 19.5. The van der Waals surface area contributed by atoms with Gasteiger partial charge in [-0.3, -0.25) is 9.69 Å². The number of morpholine rings is 1. The van der Waals surface area contributed by atoms with Gasteiger partial charge in [0.15, 0.2) is 5.82 Å². The summed E-state index contributed by atoms with van der Waals surface area (Å²) in [6.07, 6.45) is 0.897. The number of aromatic nitrogens is 4. The van der Waals surface area contributed by atoms with Crippen LogP contribution in [0.15, 0.2) is 24.3 Å². The molecule has 1 saturated heterocycles. The minimum Gasteiger partial charge on any atom is -0.486 e. The Kier molecular flexibility index (Phi) is 7.37. The van der Waals surface area contributed by atoms with Crippen LogP contribution in [0.3, 0.4) is 0 Å². The van der Waals surface area contributed by atoms with Crippen molar-refractivity contribution in [2.75, 3.05) is 39.4 Å². The molecule has 3 rings (SSSR count). The van der Waals surface area contributed by atoms with E-state index in [9.17, 15) is 4.79 Å². The molecule has 27 heavy (non-hydrogen) atoms. The van der Waals surface area contributed by atoms with Crippen LogP contribution in [0.25, 0.3) is 0 Å². The average molecular weight is 395 g/mol. The Morgan fingerprint density at radius 1 is 1.26 bits per heavy atom. The number of nitrogens with zero attached hydrogens (tertiary/aromatic N) is 5. The minimum atomic E-state index is -0.128. The van der Waals surface area contributed by atoms with Gasteiger partial charge in [-0.25, -0.2) is 4.68 Å². The second kappa shape index (κ2) is 10.2. The summed E-state index contributed by atoms with van der Waals surface area (Å²) in [5.41, 5.74) is 0. The molecular weight excluding hydrogens is 372 g/mol. The predicted molar refractivity (Wildman–Crippen MR) is 98.5 cm³/mol. The highest BCUT2D eigenvalue weighted by atomic mass is 35.5. The SMILES string of the molecule is O=C(Cn1nnnc1COc1ccc(Cl)cc1)NCCCN1CCOCC1. The Morgan fingerprint density at radius 3 is 2.81 bits per heavy atom. The maximum absolute atomic E-state index is 12.1. The van der Waals surface area contributed by atoms with Crippen molar-refractivity contribution in [3.05, 3.63) is 35.1 Å². The second-order valence-corrected chi connectivity index (χ2v) is 6.59. The summed E-state index contributed by atoms with van der Waals surface area (Å²) in [7, 11) is 0.